The summed E-state index contributed by atoms with van der Waals surface area (Å²) in [7, 11) is 0. The van der Waals surface area contributed by atoms with Crippen molar-refractivity contribution in [2.75, 3.05) is 13.1 Å². The lowest BCUT2D eigenvalue weighted by Crippen LogP contribution is -2.42. The summed E-state index contributed by atoms with van der Waals surface area (Å²) < 4.78 is 0. The quantitative estimate of drug-likeness (QED) is 0.770. The fraction of sp³-hybridized carbons (Fsp3) is 0.304. The van der Waals surface area contributed by atoms with E-state index >= 15 is 0 Å². The number of likely N-dealkylation sites (tertiary alicyclic amines) is 1. The van der Waals surface area contributed by atoms with Crippen LogP contribution in [0.3, 0.4) is 0 Å². The average molecular weight is 359 g/mol. The predicted octanol–water partition coefficient (Wildman–Crippen LogP) is 3.80. The number of β-amino-alcohol motifs (C(OH)–C–C–N with tert-alkyl or cyclic N) is 1. The predicted molar refractivity (Wildman–Crippen MR) is 107 cm³/mol. The third-order valence-electron chi connectivity index (χ3n) is 5.34. The highest BCUT2D eigenvalue weighted by atomic mass is 16.3. The molecule has 0 aliphatic carbocycles. The molecule has 0 spiro atoms. The van der Waals surface area contributed by atoms with Crippen LogP contribution in [0.15, 0.2) is 67.0 Å². The number of benzene rings is 2. The number of aliphatic hydroxyl groups excluding tert-OH is 1. The topological polar surface area (TPSA) is 49.2 Å². The zero-order chi connectivity index (χ0) is 18.6. The van der Waals surface area contributed by atoms with Gasteiger partial charge < -0.3 is 5.11 Å². The molecule has 1 aromatic heterocycles. The van der Waals surface area contributed by atoms with Gasteiger partial charge in [0.1, 0.15) is 5.82 Å². The Balaban J connectivity index is 1.43. The van der Waals surface area contributed by atoms with Crippen molar-refractivity contribution >= 4 is 0 Å². The van der Waals surface area contributed by atoms with E-state index in [2.05, 4.69) is 63.4 Å². The summed E-state index contributed by atoms with van der Waals surface area (Å²) in [6, 6.07) is 18.9. The Morgan fingerprint density at radius 2 is 1.78 bits per heavy atom. The molecule has 0 amide bonds. The number of aliphatic hydroxyl groups is 1. The lowest BCUT2D eigenvalue weighted by Gasteiger charge is -2.36. The molecule has 0 unspecified atom stereocenters. The molecule has 2 heterocycles. The van der Waals surface area contributed by atoms with Gasteiger partial charge in [0, 0.05) is 37.0 Å². The number of hydrogen-bond donors (Lipinski definition) is 1. The minimum atomic E-state index is -0.324. The summed E-state index contributed by atoms with van der Waals surface area (Å²) in [4.78, 5) is 10.9. The smallest absolute Gasteiger partial charge is 0.125 e. The molecule has 1 N–H and O–H groups in total. The molecule has 0 saturated carbocycles. The van der Waals surface area contributed by atoms with E-state index in [1.54, 1.807) is 0 Å². The van der Waals surface area contributed by atoms with Crippen LogP contribution in [-0.4, -0.2) is 39.2 Å². The summed E-state index contributed by atoms with van der Waals surface area (Å²) in [6.45, 7) is 4.44. The van der Waals surface area contributed by atoms with E-state index in [9.17, 15) is 5.11 Å². The zero-order valence-corrected chi connectivity index (χ0v) is 15.6. The van der Waals surface area contributed by atoms with E-state index in [0.29, 0.717) is 6.54 Å². The summed E-state index contributed by atoms with van der Waals surface area (Å²) in [5, 5.41) is 10.7. The van der Waals surface area contributed by atoms with E-state index in [1.165, 1.54) is 11.1 Å². The molecule has 2 aromatic carbocycles. The molecule has 4 heteroatoms. The van der Waals surface area contributed by atoms with E-state index in [4.69, 9.17) is 0 Å². The fourth-order valence-corrected chi connectivity index (χ4v) is 3.88. The Kier molecular flexibility index (Phi) is 5.28. The maximum Gasteiger partial charge on any atom is 0.125 e. The Bertz CT molecular complexity index is 880. The maximum absolute atomic E-state index is 10.7. The van der Waals surface area contributed by atoms with Crippen molar-refractivity contribution < 1.29 is 5.11 Å². The minimum absolute atomic E-state index is 0.235. The van der Waals surface area contributed by atoms with Crippen LogP contribution in [0.5, 0.6) is 0 Å². The zero-order valence-electron chi connectivity index (χ0n) is 15.6. The highest BCUT2D eigenvalue weighted by Gasteiger charge is 2.28. The number of hydrogen-bond acceptors (Lipinski definition) is 4. The van der Waals surface area contributed by atoms with Gasteiger partial charge >= 0.3 is 0 Å². The third-order valence-corrected chi connectivity index (χ3v) is 5.34. The van der Waals surface area contributed by atoms with Gasteiger partial charge in [-0.2, -0.15) is 0 Å². The first-order chi connectivity index (χ1) is 13.2. The molecule has 2 atom stereocenters. The lowest BCUT2D eigenvalue weighted by atomic mass is 9.87. The normalized spacial score (nSPS) is 20.5. The van der Waals surface area contributed by atoms with Crippen LogP contribution in [0.1, 0.15) is 29.3 Å². The Hall–Kier alpha value is -2.56. The fourth-order valence-electron chi connectivity index (χ4n) is 3.88. The van der Waals surface area contributed by atoms with Gasteiger partial charge in [-0.1, -0.05) is 48.5 Å². The third kappa shape index (κ3) is 4.24. The summed E-state index contributed by atoms with van der Waals surface area (Å²) in [6.07, 6.45) is 4.40. The maximum atomic E-state index is 10.7. The van der Waals surface area contributed by atoms with Crippen molar-refractivity contribution in [3.8, 4) is 11.1 Å². The van der Waals surface area contributed by atoms with Crippen molar-refractivity contribution in [3.63, 3.8) is 0 Å². The van der Waals surface area contributed by atoms with E-state index in [1.807, 2.05) is 25.4 Å². The minimum Gasteiger partial charge on any atom is -0.391 e. The van der Waals surface area contributed by atoms with Crippen LogP contribution in [-0.2, 0) is 6.54 Å². The monoisotopic (exact) mass is 359 g/mol. The van der Waals surface area contributed by atoms with E-state index in [-0.39, 0.29) is 12.0 Å². The van der Waals surface area contributed by atoms with E-state index in [0.717, 1.165) is 36.5 Å². The molecular weight excluding hydrogens is 334 g/mol. The van der Waals surface area contributed by atoms with Gasteiger partial charge in [0.2, 0.25) is 0 Å². The molecule has 4 rings (SSSR count). The first-order valence-corrected chi connectivity index (χ1v) is 9.52. The second-order valence-corrected chi connectivity index (χ2v) is 7.33. The Labute approximate surface area is 160 Å². The molecule has 1 aliphatic heterocycles. The Morgan fingerprint density at radius 1 is 1.00 bits per heavy atom. The first-order valence-electron chi connectivity index (χ1n) is 9.52. The molecular formula is C23H25N3O. The van der Waals surface area contributed by atoms with Gasteiger partial charge in [0.05, 0.1) is 6.10 Å². The molecule has 0 bridgehead atoms. The highest BCUT2D eigenvalue weighted by Crippen LogP contribution is 2.29. The van der Waals surface area contributed by atoms with Crippen molar-refractivity contribution in [2.24, 2.45) is 0 Å². The molecule has 4 nitrogen and oxygen atoms in total. The molecule has 3 aromatic rings. The summed E-state index contributed by atoms with van der Waals surface area (Å²) in [5.41, 5.74) is 4.65. The number of rotatable bonds is 4. The van der Waals surface area contributed by atoms with Crippen LogP contribution in [0.25, 0.3) is 11.1 Å². The lowest BCUT2D eigenvalue weighted by molar-refractivity contribution is 0.0477. The average Bonchev–Trinajstić information content (AvgIpc) is 2.69. The van der Waals surface area contributed by atoms with Crippen LogP contribution in [0, 0.1) is 6.92 Å². The standard InChI is InChI=1S/C23H25N3O/c1-17-24-13-21(14-25-17)20-9-5-6-18(12-20)15-26-11-10-22(23(27)16-26)19-7-3-2-4-8-19/h2-9,12-14,22-23,27H,10-11,15-16H2,1H3/t22-,23-/m1/s1. The van der Waals surface area contributed by atoms with Gasteiger partial charge in [-0.05, 0) is 42.6 Å². The molecule has 1 aliphatic rings. The molecule has 1 fully saturated rings. The number of piperidine rings is 1. The second-order valence-electron chi connectivity index (χ2n) is 7.33. The van der Waals surface area contributed by atoms with Gasteiger partial charge in [-0.25, -0.2) is 9.97 Å². The van der Waals surface area contributed by atoms with Crippen molar-refractivity contribution in [2.45, 2.75) is 31.9 Å². The number of nitrogens with zero attached hydrogens (tertiary/aromatic N) is 3. The van der Waals surface area contributed by atoms with Gasteiger partial charge in [-0.15, -0.1) is 0 Å². The van der Waals surface area contributed by atoms with Crippen molar-refractivity contribution in [1.82, 2.24) is 14.9 Å². The second kappa shape index (κ2) is 7.99. The van der Waals surface area contributed by atoms with Crippen molar-refractivity contribution in [3.05, 3.63) is 83.9 Å². The summed E-state index contributed by atoms with van der Waals surface area (Å²) >= 11 is 0. The first kappa shape index (κ1) is 17.8. The molecule has 27 heavy (non-hydrogen) atoms. The van der Waals surface area contributed by atoms with E-state index < -0.39 is 0 Å². The van der Waals surface area contributed by atoms with Gasteiger partial charge in [-0.3, -0.25) is 4.90 Å². The highest BCUT2D eigenvalue weighted by molar-refractivity contribution is 5.62. The Morgan fingerprint density at radius 3 is 2.52 bits per heavy atom. The largest absolute Gasteiger partial charge is 0.391 e. The van der Waals surface area contributed by atoms with Gasteiger partial charge in [0.15, 0.2) is 0 Å². The van der Waals surface area contributed by atoms with Gasteiger partial charge in [0.25, 0.3) is 0 Å². The van der Waals surface area contributed by atoms with Crippen LogP contribution in [0.4, 0.5) is 0 Å². The SMILES string of the molecule is Cc1ncc(-c2cccc(CN3CC[C@H](c4ccccc4)[C@H](O)C3)c2)cn1. The van der Waals surface area contributed by atoms with Crippen LogP contribution >= 0.6 is 0 Å². The van der Waals surface area contributed by atoms with Crippen molar-refractivity contribution in [1.29, 1.82) is 0 Å². The molecule has 138 valence electrons. The molecule has 1 saturated heterocycles. The number of aromatic nitrogens is 2. The number of aryl methyl sites for hydroxylation is 1. The van der Waals surface area contributed by atoms with Crippen LogP contribution < -0.4 is 0 Å². The summed E-state index contributed by atoms with van der Waals surface area (Å²) in [5.74, 6) is 1.02. The molecule has 0 radical (unpaired) electrons. The van der Waals surface area contributed by atoms with Crippen LogP contribution in [0.2, 0.25) is 0 Å².